The lowest BCUT2D eigenvalue weighted by Crippen LogP contribution is -2.51. The molecule has 1 aromatic carbocycles. The fraction of sp³-hybridized carbons (Fsp3) is 0.357. The minimum atomic E-state index is -0.766. The molecule has 2 rings (SSSR count). The highest BCUT2D eigenvalue weighted by molar-refractivity contribution is 6.03. The standard InChI is InChI=1S/C14H17N3O5/c1-3-21-14(20)16-15-12(18)8-17-10-6-4-5-7-11(10)22-9(2)13(17)19/h4-7,9H,3,8H2,1-2H3,(H,15,18)(H,16,20). The highest BCUT2D eigenvalue weighted by Crippen LogP contribution is 2.33. The number of benzene rings is 1. The molecule has 1 heterocycles. The average molecular weight is 307 g/mol. The zero-order valence-electron chi connectivity index (χ0n) is 12.3. The van der Waals surface area contributed by atoms with Gasteiger partial charge in [0.15, 0.2) is 6.10 Å². The van der Waals surface area contributed by atoms with Gasteiger partial charge in [-0.3, -0.25) is 19.9 Å². The SMILES string of the molecule is CCOC(=O)NNC(=O)CN1C(=O)C(C)Oc2ccccc21. The molecule has 1 atom stereocenters. The molecule has 0 aromatic heterocycles. The predicted octanol–water partition coefficient (Wildman–Crippen LogP) is 0.578. The Labute approximate surface area is 127 Å². The predicted molar refractivity (Wildman–Crippen MR) is 77.2 cm³/mol. The maximum atomic E-state index is 12.2. The molecule has 3 amide bonds. The molecule has 2 N–H and O–H groups in total. The first-order chi connectivity index (χ1) is 10.5. The van der Waals surface area contributed by atoms with Crippen LogP contribution < -0.4 is 20.5 Å². The fourth-order valence-electron chi connectivity index (χ4n) is 1.99. The molecule has 0 radical (unpaired) electrons. The number of para-hydroxylation sites is 2. The van der Waals surface area contributed by atoms with Gasteiger partial charge >= 0.3 is 6.09 Å². The number of rotatable bonds is 3. The van der Waals surface area contributed by atoms with Gasteiger partial charge in [-0.25, -0.2) is 10.2 Å². The molecule has 1 unspecified atom stereocenters. The smallest absolute Gasteiger partial charge is 0.426 e. The Morgan fingerprint density at radius 2 is 2.05 bits per heavy atom. The van der Waals surface area contributed by atoms with Crippen LogP contribution in [0, 0.1) is 0 Å². The van der Waals surface area contributed by atoms with E-state index in [4.69, 9.17) is 4.74 Å². The van der Waals surface area contributed by atoms with Crippen molar-refractivity contribution in [2.24, 2.45) is 0 Å². The summed E-state index contributed by atoms with van der Waals surface area (Å²) in [4.78, 5) is 36.5. The van der Waals surface area contributed by atoms with Gasteiger partial charge < -0.3 is 9.47 Å². The molecular formula is C14H17N3O5. The number of nitrogens with one attached hydrogen (secondary N) is 2. The third-order valence-electron chi connectivity index (χ3n) is 2.95. The lowest BCUT2D eigenvalue weighted by molar-refractivity contribution is -0.128. The Balaban J connectivity index is 2.03. The topological polar surface area (TPSA) is 97.0 Å². The molecule has 0 saturated heterocycles. The van der Waals surface area contributed by atoms with Gasteiger partial charge in [-0.15, -0.1) is 0 Å². The highest BCUT2D eigenvalue weighted by atomic mass is 16.6. The van der Waals surface area contributed by atoms with Crippen molar-refractivity contribution in [1.29, 1.82) is 0 Å². The van der Waals surface area contributed by atoms with E-state index in [-0.39, 0.29) is 19.1 Å². The van der Waals surface area contributed by atoms with Crippen molar-refractivity contribution in [2.45, 2.75) is 20.0 Å². The molecule has 0 spiro atoms. The zero-order chi connectivity index (χ0) is 16.1. The van der Waals surface area contributed by atoms with Crippen molar-refractivity contribution in [2.75, 3.05) is 18.1 Å². The number of nitrogens with zero attached hydrogens (tertiary/aromatic N) is 1. The van der Waals surface area contributed by atoms with Crippen molar-refractivity contribution in [3.05, 3.63) is 24.3 Å². The summed E-state index contributed by atoms with van der Waals surface area (Å²) in [6.45, 7) is 3.21. The molecule has 0 fully saturated rings. The quantitative estimate of drug-likeness (QED) is 0.796. The molecule has 1 aliphatic heterocycles. The first-order valence-electron chi connectivity index (χ1n) is 6.81. The molecular weight excluding hydrogens is 290 g/mol. The molecule has 22 heavy (non-hydrogen) atoms. The maximum Gasteiger partial charge on any atom is 0.426 e. The van der Waals surface area contributed by atoms with Gasteiger partial charge in [-0.1, -0.05) is 12.1 Å². The van der Waals surface area contributed by atoms with Crippen molar-refractivity contribution in [3.8, 4) is 5.75 Å². The Morgan fingerprint density at radius 3 is 2.77 bits per heavy atom. The summed E-state index contributed by atoms with van der Waals surface area (Å²) in [6.07, 6.45) is -1.45. The third-order valence-corrected chi connectivity index (χ3v) is 2.95. The van der Waals surface area contributed by atoms with E-state index >= 15 is 0 Å². The number of hydrogen-bond donors (Lipinski definition) is 2. The van der Waals surface area contributed by atoms with Crippen LogP contribution in [0.4, 0.5) is 10.5 Å². The van der Waals surface area contributed by atoms with Crippen LogP contribution in [0.5, 0.6) is 5.75 Å². The summed E-state index contributed by atoms with van der Waals surface area (Å²) in [5, 5.41) is 0. The van der Waals surface area contributed by atoms with Crippen LogP contribution in [0.25, 0.3) is 0 Å². The Bertz CT molecular complexity index is 590. The molecule has 0 saturated carbocycles. The van der Waals surface area contributed by atoms with Gasteiger partial charge in [0.1, 0.15) is 12.3 Å². The van der Waals surface area contributed by atoms with Gasteiger partial charge in [0.2, 0.25) is 0 Å². The second kappa shape index (κ2) is 6.79. The maximum absolute atomic E-state index is 12.2. The Hall–Kier alpha value is -2.77. The van der Waals surface area contributed by atoms with Crippen LogP contribution in [-0.4, -0.2) is 37.2 Å². The molecule has 118 valence electrons. The van der Waals surface area contributed by atoms with Crippen LogP contribution in [0.3, 0.4) is 0 Å². The molecule has 0 bridgehead atoms. The van der Waals surface area contributed by atoms with Crippen LogP contribution in [-0.2, 0) is 14.3 Å². The van der Waals surface area contributed by atoms with Crippen LogP contribution >= 0.6 is 0 Å². The number of hydrazine groups is 1. The number of carbonyl (C=O) groups excluding carboxylic acids is 3. The van der Waals surface area contributed by atoms with E-state index in [2.05, 4.69) is 15.6 Å². The van der Waals surface area contributed by atoms with Gasteiger partial charge in [-0.2, -0.15) is 0 Å². The van der Waals surface area contributed by atoms with Gasteiger partial charge in [0, 0.05) is 0 Å². The second-order valence-electron chi connectivity index (χ2n) is 4.55. The number of fused-ring (bicyclic) bond motifs is 1. The van der Waals surface area contributed by atoms with E-state index < -0.39 is 18.1 Å². The van der Waals surface area contributed by atoms with Crippen LogP contribution in [0.2, 0.25) is 0 Å². The summed E-state index contributed by atoms with van der Waals surface area (Å²) < 4.78 is 10.1. The van der Waals surface area contributed by atoms with E-state index in [1.807, 2.05) is 0 Å². The Morgan fingerprint density at radius 1 is 1.32 bits per heavy atom. The normalized spacial score (nSPS) is 16.4. The van der Waals surface area contributed by atoms with Crippen LogP contribution in [0.15, 0.2) is 24.3 Å². The summed E-state index contributed by atoms with van der Waals surface area (Å²) in [5.74, 6) is -0.351. The van der Waals surface area contributed by atoms with Gasteiger partial charge in [-0.05, 0) is 26.0 Å². The summed E-state index contributed by atoms with van der Waals surface area (Å²) >= 11 is 0. The monoisotopic (exact) mass is 307 g/mol. The molecule has 1 aromatic rings. The molecule has 1 aliphatic rings. The molecule has 8 heteroatoms. The molecule has 0 aliphatic carbocycles. The van der Waals surface area contributed by atoms with Gasteiger partial charge in [0.25, 0.3) is 11.8 Å². The van der Waals surface area contributed by atoms with Crippen molar-refractivity contribution in [3.63, 3.8) is 0 Å². The second-order valence-corrected chi connectivity index (χ2v) is 4.55. The summed E-state index contributed by atoms with van der Waals surface area (Å²) in [5.41, 5.74) is 4.79. The van der Waals surface area contributed by atoms with Crippen LogP contribution in [0.1, 0.15) is 13.8 Å². The van der Waals surface area contributed by atoms with Gasteiger partial charge in [0.05, 0.1) is 12.3 Å². The third kappa shape index (κ3) is 3.46. The number of anilines is 1. The van der Waals surface area contributed by atoms with E-state index in [0.29, 0.717) is 11.4 Å². The Kier molecular flexibility index (Phi) is 4.82. The number of ether oxygens (including phenoxy) is 2. The number of hydrogen-bond acceptors (Lipinski definition) is 5. The number of amides is 3. The molecule has 8 nitrogen and oxygen atoms in total. The van der Waals surface area contributed by atoms with E-state index in [0.717, 1.165) is 0 Å². The lowest BCUT2D eigenvalue weighted by Gasteiger charge is -2.32. The first kappa shape index (κ1) is 15.6. The van der Waals surface area contributed by atoms with Crippen molar-refractivity contribution < 1.29 is 23.9 Å². The minimum absolute atomic E-state index is 0.189. The minimum Gasteiger partial charge on any atom is -0.479 e. The number of carbonyl (C=O) groups is 3. The zero-order valence-corrected chi connectivity index (χ0v) is 12.3. The largest absolute Gasteiger partial charge is 0.479 e. The average Bonchev–Trinajstić information content (AvgIpc) is 2.50. The summed E-state index contributed by atoms with van der Waals surface area (Å²) in [6, 6.07) is 6.93. The fourth-order valence-corrected chi connectivity index (χ4v) is 1.99. The lowest BCUT2D eigenvalue weighted by atomic mass is 10.2. The highest BCUT2D eigenvalue weighted by Gasteiger charge is 2.32. The van der Waals surface area contributed by atoms with E-state index in [1.54, 1.807) is 38.1 Å². The first-order valence-corrected chi connectivity index (χ1v) is 6.81. The van der Waals surface area contributed by atoms with E-state index in [1.165, 1.54) is 4.90 Å². The van der Waals surface area contributed by atoms with Crippen molar-refractivity contribution >= 4 is 23.6 Å². The summed E-state index contributed by atoms with van der Waals surface area (Å²) in [7, 11) is 0. The van der Waals surface area contributed by atoms with Crippen molar-refractivity contribution in [1.82, 2.24) is 10.9 Å². The van der Waals surface area contributed by atoms with E-state index in [9.17, 15) is 14.4 Å².